The number of aryl methyl sites for hydroxylation is 2. The van der Waals surface area contributed by atoms with Gasteiger partial charge in [-0.1, -0.05) is 0 Å². The van der Waals surface area contributed by atoms with Crippen molar-refractivity contribution in [2.24, 2.45) is 0 Å². The van der Waals surface area contributed by atoms with E-state index in [0.717, 1.165) is 24.3 Å². The van der Waals surface area contributed by atoms with Crippen LogP contribution in [0.25, 0.3) is 0 Å². The summed E-state index contributed by atoms with van der Waals surface area (Å²) in [6, 6.07) is 0.417. The summed E-state index contributed by atoms with van der Waals surface area (Å²) in [6.07, 6.45) is 2.23. The van der Waals surface area contributed by atoms with Crippen molar-refractivity contribution >= 4 is 5.91 Å². The van der Waals surface area contributed by atoms with Gasteiger partial charge in [0.05, 0.1) is 18.8 Å². The fourth-order valence-corrected chi connectivity index (χ4v) is 1.40. The topological polar surface area (TPSA) is 67.2 Å². The third kappa shape index (κ3) is 3.06. The standard InChI is InChI=1S/C11H17N3O2/c1-7-8(2)16-11(13-7)6-12-5-10(15)14-9-3-4-9/h9,12H,3-6H2,1-2H3,(H,14,15). The summed E-state index contributed by atoms with van der Waals surface area (Å²) in [4.78, 5) is 15.6. The van der Waals surface area contributed by atoms with Crippen molar-refractivity contribution in [3.63, 3.8) is 0 Å². The number of carbonyl (C=O) groups is 1. The third-order valence-corrected chi connectivity index (χ3v) is 2.58. The van der Waals surface area contributed by atoms with E-state index in [4.69, 9.17) is 4.42 Å². The molecule has 0 bridgehead atoms. The number of aromatic nitrogens is 1. The number of nitrogens with one attached hydrogen (secondary N) is 2. The van der Waals surface area contributed by atoms with Crippen LogP contribution in [0.5, 0.6) is 0 Å². The molecule has 2 rings (SSSR count). The van der Waals surface area contributed by atoms with Crippen LogP contribution in [0.3, 0.4) is 0 Å². The maximum atomic E-state index is 11.3. The van der Waals surface area contributed by atoms with Crippen LogP contribution in [0, 0.1) is 13.8 Å². The first-order valence-corrected chi connectivity index (χ1v) is 5.58. The van der Waals surface area contributed by atoms with Crippen molar-refractivity contribution < 1.29 is 9.21 Å². The van der Waals surface area contributed by atoms with Gasteiger partial charge in [0.25, 0.3) is 0 Å². The van der Waals surface area contributed by atoms with Crippen LogP contribution in [0.15, 0.2) is 4.42 Å². The Kier molecular flexibility index (Phi) is 3.24. The number of hydrogen-bond donors (Lipinski definition) is 2. The Hall–Kier alpha value is -1.36. The molecule has 1 fully saturated rings. The number of nitrogens with zero attached hydrogens (tertiary/aromatic N) is 1. The summed E-state index contributed by atoms with van der Waals surface area (Å²) in [5.74, 6) is 1.51. The highest BCUT2D eigenvalue weighted by atomic mass is 16.4. The highest BCUT2D eigenvalue weighted by molar-refractivity contribution is 5.78. The lowest BCUT2D eigenvalue weighted by Gasteiger charge is -2.03. The minimum absolute atomic E-state index is 0.0440. The average molecular weight is 223 g/mol. The summed E-state index contributed by atoms with van der Waals surface area (Å²) in [5, 5.41) is 5.91. The summed E-state index contributed by atoms with van der Waals surface area (Å²) in [6.45, 7) is 4.59. The van der Waals surface area contributed by atoms with Crippen molar-refractivity contribution in [3.05, 3.63) is 17.3 Å². The van der Waals surface area contributed by atoms with Crippen LogP contribution in [-0.2, 0) is 11.3 Å². The van der Waals surface area contributed by atoms with E-state index in [1.165, 1.54) is 0 Å². The molecule has 0 atom stereocenters. The zero-order valence-electron chi connectivity index (χ0n) is 9.67. The van der Waals surface area contributed by atoms with Crippen LogP contribution in [0.4, 0.5) is 0 Å². The van der Waals surface area contributed by atoms with Gasteiger partial charge < -0.3 is 9.73 Å². The van der Waals surface area contributed by atoms with Gasteiger partial charge >= 0.3 is 0 Å². The Morgan fingerprint density at radius 1 is 1.50 bits per heavy atom. The van der Waals surface area contributed by atoms with Crippen LogP contribution in [0.1, 0.15) is 30.2 Å². The van der Waals surface area contributed by atoms with E-state index in [0.29, 0.717) is 25.0 Å². The Balaban J connectivity index is 1.68. The molecular weight excluding hydrogens is 206 g/mol. The third-order valence-electron chi connectivity index (χ3n) is 2.58. The molecule has 1 amide bonds. The first kappa shape index (κ1) is 11.1. The van der Waals surface area contributed by atoms with Crippen LogP contribution < -0.4 is 10.6 Å². The quantitative estimate of drug-likeness (QED) is 0.769. The molecule has 1 heterocycles. The number of rotatable bonds is 5. The molecule has 88 valence electrons. The number of carbonyl (C=O) groups excluding carboxylic acids is 1. The fraction of sp³-hybridized carbons (Fsp3) is 0.636. The van der Waals surface area contributed by atoms with Crippen LogP contribution >= 0.6 is 0 Å². The minimum atomic E-state index is 0.0440. The maximum absolute atomic E-state index is 11.3. The smallest absolute Gasteiger partial charge is 0.234 e. The number of hydrogen-bond acceptors (Lipinski definition) is 4. The summed E-state index contributed by atoms with van der Waals surface area (Å²) in [5.41, 5.74) is 0.902. The van der Waals surface area contributed by atoms with Gasteiger partial charge in [-0.25, -0.2) is 4.98 Å². The van der Waals surface area contributed by atoms with Gasteiger partial charge in [-0.3, -0.25) is 10.1 Å². The van der Waals surface area contributed by atoms with Gasteiger partial charge in [0, 0.05) is 6.04 Å². The van der Waals surface area contributed by atoms with Gasteiger partial charge in [0.1, 0.15) is 5.76 Å². The lowest BCUT2D eigenvalue weighted by atomic mass is 10.4. The zero-order valence-corrected chi connectivity index (χ0v) is 9.67. The molecule has 5 heteroatoms. The van der Waals surface area contributed by atoms with Crippen molar-refractivity contribution in [3.8, 4) is 0 Å². The Morgan fingerprint density at radius 3 is 2.81 bits per heavy atom. The minimum Gasteiger partial charge on any atom is -0.444 e. The predicted octanol–water partition coefficient (Wildman–Crippen LogP) is 0.660. The normalized spacial score (nSPS) is 15.1. The second-order valence-corrected chi connectivity index (χ2v) is 4.19. The van der Waals surface area contributed by atoms with Crippen molar-refractivity contribution in [2.75, 3.05) is 6.54 Å². The lowest BCUT2D eigenvalue weighted by molar-refractivity contribution is -0.120. The SMILES string of the molecule is Cc1nc(CNCC(=O)NC2CC2)oc1C. The zero-order chi connectivity index (χ0) is 11.5. The molecule has 1 aromatic heterocycles. The van der Waals surface area contributed by atoms with E-state index >= 15 is 0 Å². The molecule has 16 heavy (non-hydrogen) atoms. The molecule has 1 aliphatic rings. The molecule has 1 saturated carbocycles. The van der Waals surface area contributed by atoms with Crippen LogP contribution in [-0.4, -0.2) is 23.5 Å². The monoisotopic (exact) mass is 223 g/mol. The molecule has 0 aliphatic heterocycles. The first-order chi connectivity index (χ1) is 7.65. The Labute approximate surface area is 94.6 Å². The molecule has 1 aromatic rings. The van der Waals surface area contributed by atoms with E-state index in [1.807, 2.05) is 13.8 Å². The first-order valence-electron chi connectivity index (χ1n) is 5.58. The van der Waals surface area contributed by atoms with Crippen molar-refractivity contribution in [1.29, 1.82) is 0 Å². The Bertz CT molecular complexity index is 363. The van der Waals surface area contributed by atoms with Crippen molar-refractivity contribution in [2.45, 2.75) is 39.3 Å². The fourth-order valence-electron chi connectivity index (χ4n) is 1.40. The second-order valence-electron chi connectivity index (χ2n) is 4.19. The van der Waals surface area contributed by atoms with E-state index in [-0.39, 0.29) is 5.91 Å². The van der Waals surface area contributed by atoms with E-state index in [2.05, 4.69) is 15.6 Å². The molecule has 0 radical (unpaired) electrons. The van der Waals surface area contributed by atoms with Gasteiger partial charge in [-0.2, -0.15) is 0 Å². The maximum Gasteiger partial charge on any atom is 0.234 e. The molecule has 1 aliphatic carbocycles. The highest BCUT2D eigenvalue weighted by Gasteiger charge is 2.22. The lowest BCUT2D eigenvalue weighted by Crippen LogP contribution is -2.34. The van der Waals surface area contributed by atoms with E-state index in [1.54, 1.807) is 0 Å². The molecule has 2 N–H and O–H groups in total. The summed E-state index contributed by atoms with van der Waals surface area (Å²) in [7, 11) is 0. The second kappa shape index (κ2) is 4.65. The van der Waals surface area contributed by atoms with Gasteiger partial charge in [0.15, 0.2) is 0 Å². The molecule has 0 aromatic carbocycles. The largest absolute Gasteiger partial charge is 0.444 e. The summed E-state index contributed by atoms with van der Waals surface area (Å²) >= 11 is 0. The van der Waals surface area contributed by atoms with Gasteiger partial charge in [-0.05, 0) is 26.7 Å². The van der Waals surface area contributed by atoms with Gasteiger partial charge in [-0.15, -0.1) is 0 Å². The van der Waals surface area contributed by atoms with Crippen LogP contribution in [0.2, 0.25) is 0 Å². The molecule has 0 spiro atoms. The Morgan fingerprint density at radius 2 is 2.25 bits per heavy atom. The average Bonchev–Trinajstić information content (AvgIpc) is 2.95. The molecular formula is C11H17N3O2. The van der Waals surface area contributed by atoms with E-state index in [9.17, 15) is 4.79 Å². The van der Waals surface area contributed by atoms with Gasteiger partial charge in [0.2, 0.25) is 11.8 Å². The number of oxazole rings is 1. The van der Waals surface area contributed by atoms with E-state index < -0.39 is 0 Å². The molecule has 0 saturated heterocycles. The number of amides is 1. The van der Waals surface area contributed by atoms with Crippen molar-refractivity contribution in [1.82, 2.24) is 15.6 Å². The predicted molar refractivity (Wildman–Crippen MR) is 58.8 cm³/mol. The molecule has 5 nitrogen and oxygen atoms in total. The molecule has 0 unspecified atom stereocenters. The highest BCUT2D eigenvalue weighted by Crippen LogP contribution is 2.18. The summed E-state index contributed by atoms with van der Waals surface area (Å²) < 4.78 is 5.38.